The molecule has 0 amide bonds. The number of aliphatic hydroxyl groups excluding tert-OH is 1. The van der Waals surface area contributed by atoms with Gasteiger partial charge >= 0.3 is 11.9 Å². The summed E-state index contributed by atoms with van der Waals surface area (Å²) in [6.45, 7) is 11.1. The van der Waals surface area contributed by atoms with Crippen molar-refractivity contribution in [3.8, 4) is 0 Å². The SMILES string of the molecule is C=C1C(=O)O[C@@H]2[C@H]3O[C@]3(C)CC/C=C(/C)[C@@H](OC(=O)C(C)C(C)O)C[C@@H]12. The number of epoxide rings is 1. The summed E-state index contributed by atoms with van der Waals surface area (Å²) in [6, 6.07) is 0. The van der Waals surface area contributed by atoms with Gasteiger partial charge in [0.05, 0.1) is 17.6 Å². The molecular weight excluding hydrogens is 336 g/mol. The topological polar surface area (TPSA) is 85.4 Å². The Kier molecular flexibility index (Phi) is 5.01. The van der Waals surface area contributed by atoms with Crippen molar-refractivity contribution in [1.82, 2.24) is 0 Å². The molecule has 0 saturated carbocycles. The van der Waals surface area contributed by atoms with E-state index in [4.69, 9.17) is 14.2 Å². The Morgan fingerprint density at radius 1 is 1.46 bits per heavy atom. The maximum absolute atomic E-state index is 12.4. The van der Waals surface area contributed by atoms with Crippen LogP contribution >= 0.6 is 0 Å². The van der Waals surface area contributed by atoms with E-state index < -0.39 is 30.1 Å². The van der Waals surface area contributed by atoms with Gasteiger partial charge in [0.2, 0.25) is 0 Å². The predicted molar refractivity (Wildman–Crippen MR) is 94.1 cm³/mol. The summed E-state index contributed by atoms with van der Waals surface area (Å²) < 4.78 is 17.1. The van der Waals surface area contributed by atoms with Crippen LogP contribution in [0.25, 0.3) is 0 Å². The molecule has 0 aromatic carbocycles. The van der Waals surface area contributed by atoms with Crippen molar-refractivity contribution in [1.29, 1.82) is 0 Å². The monoisotopic (exact) mass is 364 g/mol. The van der Waals surface area contributed by atoms with Crippen molar-refractivity contribution >= 4 is 11.9 Å². The van der Waals surface area contributed by atoms with E-state index in [1.165, 1.54) is 0 Å². The highest BCUT2D eigenvalue weighted by molar-refractivity contribution is 5.91. The maximum Gasteiger partial charge on any atom is 0.334 e. The lowest BCUT2D eigenvalue weighted by molar-refractivity contribution is -0.156. The molecule has 2 unspecified atom stereocenters. The number of carbonyl (C=O) groups excluding carboxylic acids is 2. The lowest BCUT2D eigenvalue weighted by Gasteiger charge is -2.27. The molecule has 2 aliphatic heterocycles. The van der Waals surface area contributed by atoms with E-state index in [9.17, 15) is 14.7 Å². The molecule has 144 valence electrons. The summed E-state index contributed by atoms with van der Waals surface area (Å²) in [5, 5.41) is 9.65. The van der Waals surface area contributed by atoms with Gasteiger partial charge in [0.1, 0.15) is 18.3 Å². The van der Waals surface area contributed by atoms with Crippen LogP contribution in [0.1, 0.15) is 47.0 Å². The lowest BCUT2D eigenvalue weighted by atomic mass is 9.83. The smallest absolute Gasteiger partial charge is 0.334 e. The van der Waals surface area contributed by atoms with E-state index in [1.54, 1.807) is 13.8 Å². The first-order valence-electron chi connectivity index (χ1n) is 9.27. The van der Waals surface area contributed by atoms with Crippen LogP contribution < -0.4 is 0 Å². The van der Waals surface area contributed by atoms with Crippen molar-refractivity contribution in [3.05, 3.63) is 23.8 Å². The molecule has 26 heavy (non-hydrogen) atoms. The summed E-state index contributed by atoms with van der Waals surface area (Å²) in [4.78, 5) is 24.4. The second kappa shape index (κ2) is 6.82. The third kappa shape index (κ3) is 3.45. The van der Waals surface area contributed by atoms with Gasteiger partial charge in [-0.1, -0.05) is 12.7 Å². The van der Waals surface area contributed by atoms with Gasteiger partial charge < -0.3 is 19.3 Å². The Morgan fingerprint density at radius 2 is 2.15 bits per heavy atom. The highest BCUT2D eigenvalue weighted by atomic mass is 16.6. The summed E-state index contributed by atoms with van der Waals surface area (Å²) in [7, 11) is 0. The fourth-order valence-corrected chi connectivity index (χ4v) is 3.77. The zero-order chi connectivity index (χ0) is 19.2. The highest BCUT2D eigenvalue weighted by Gasteiger charge is 2.61. The van der Waals surface area contributed by atoms with Crippen LogP contribution in [0.2, 0.25) is 0 Å². The van der Waals surface area contributed by atoms with Crippen molar-refractivity contribution in [2.75, 3.05) is 0 Å². The number of carbonyl (C=O) groups is 2. The minimum absolute atomic E-state index is 0.143. The Balaban J connectivity index is 1.84. The van der Waals surface area contributed by atoms with Gasteiger partial charge in [0.15, 0.2) is 0 Å². The third-order valence-electron chi connectivity index (χ3n) is 6.03. The molecule has 0 radical (unpaired) electrons. The number of rotatable bonds is 3. The number of esters is 2. The molecule has 6 nitrogen and oxygen atoms in total. The molecule has 0 aromatic heterocycles. The molecule has 0 bridgehead atoms. The molecule has 3 rings (SSSR count). The van der Waals surface area contributed by atoms with E-state index in [0.717, 1.165) is 18.4 Å². The third-order valence-corrected chi connectivity index (χ3v) is 6.03. The van der Waals surface area contributed by atoms with E-state index >= 15 is 0 Å². The fraction of sp³-hybridized carbons (Fsp3) is 0.700. The first-order valence-corrected chi connectivity index (χ1v) is 9.27. The van der Waals surface area contributed by atoms with Gasteiger partial charge in [-0.2, -0.15) is 0 Å². The first-order chi connectivity index (χ1) is 12.1. The van der Waals surface area contributed by atoms with Crippen LogP contribution in [0.4, 0.5) is 0 Å². The molecule has 1 aliphatic carbocycles. The second-order valence-corrected chi connectivity index (χ2v) is 8.03. The number of ether oxygens (including phenoxy) is 3. The van der Waals surface area contributed by atoms with Gasteiger partial charge in [-0.15, -0.1) is 0 Å². The average Bonchev–Trinajstić information content (AvgIpc) is 3.17. The van der Waals surface area contributed by atoms with E-state index in [0.29, 0.717) is 12.0 Å². The molecule has 0 aromatic rings. The van der Waals surface area contributed by atoms with Crippen LogP contribution in [0.5, 0.6) is 0 Å². The largest absolute Gasteiger partial charge is 0.458 e. The second-order valence-electron chi connectivity index (χ2n) is 8.03. The highest BCUT2D eigenvalue weighted by Crippen LogP contribution is 2.50. The van der Waals surface area contributed by atoms with Crippen molar-refractivity contribution in [3.63, 3.8) is 0 Å². The summed E-state index contributed by atoms with van der Waals surface area (Å²) in [5.74, 6) is -1.72. The Hall–Kier alpha value is -1.66. The molecule has 2 fully saturated rings. The van der Waals surface area contributed by atoms with Crippen LogP contribution in [-0.4, -0.2) is 47.1 Å². The number of fused-ring (bicyclic) bond motifs is 3. The quantitative estimate of drug-likeness (QED) is 0.358. The molecule has 6 heteroatoms. The molecule has 0 spiro atoms. The number of hydrogen-bond donors (Lipinski definition) is 1. The van der Waals surface area contributed by atoms with Gasteiger partial charge in [0.25, 0.3) is 0 Å². The van der Waals surface area contributed by atoms with Crippen LogP contribution in [0, 0.1) is 11.8 Å². The van der Waals surface area contributed by atoms with Gasteiger partial charge in [-0.05, 0) is 52.5 Å². The Labute approximate surface area is 154 Å². The van der Waals surface area contributed by atoms with Crippen molar-refractivity contribution in [2.45, 2.75) is 77.0 Å². The van der Waals surface area contributed by atoms with Crippen LogP contribution in [-0.2, 0) is 23.8 Å². The molecular formula is C20H28O6. The van der Waals surface area contributed by atoms with Gasteiger partial charge in [0, 0.05) is 11.5 Å². The molecule has 2 heterocycles. The molecule has 3 aliphatic rings. The van der Waals surface area contributed by atoms with Crippen LogP contribution in [0.15, 0.2) is 23.8 Å². The lowest BCUT2D eigenvalue weighted by Crippen LogP contribution is -2.35. The minimum Gasteiger partial charge on any atom is -0.458 e. The van der Waals surface area contributed by atoms with Gasteiger partial charge in [-0.25, -0.2) is 4.79 Å². The standard InChI is InChI=1S/C20H28O6/c1-10-7-6-8-20(5)17(26-20)16-14(12(3)19(23)25-16)9-15(10)24-18(22)11(2)13(4)21/h7,11,13-17,21H,3,6,8-9H2,1-2,4-5H3/b10-7-/t11?,13?,14-,15-,16-,17+,20+/m0/s1. The number of aliphatic hydroxyl groups is 1. The number of hydrogen-bond acceptors (Lipinski definition) is 6. The summed E-state index contributed by atoms with van der Waals surface area (Å²) in [5.41, 5.74) is 1.06. The van der Waals surface area contributed by atoms with Crippen LogP contribution in [0.3, 0.4) is 0 Å². The normalized spacial score (nSPS) is 41.0. The molecule has 7 atom stereocenters. The summed E-state index contributed by atoms with van der Waals surface area (Å²) >= 11 is 0. The molecule has 1 N–H and O–H groups in total. The minimum atomic E-state index is -0.786. The maximum atomic E-state index is 12.4. The van der Waals surface area contributed by atoms with Crippen molar-refractivity contribution in [2.24, 2.45) is 11.8 Å². The summed E-state index contributed by atoms with van der Waals surface area (Å²) in [6.07, 6.45) is 2.30. The van der Waals surface area contributed by atoms with E-state index in [1.807, 2.05) is 13.8 Å². The van der Waals surface area contributed by atoms with Gasteiger partial charge in [-0.3, -0.25) is 4.79 Å². The number of allylic oxidation sites excluding steroid dienone is 1. The zero-order valence-corrected chi connectivity index (χ0v) is 15.9. The van der Waals surface area contributed by atoms with Crippen molar-refractivity contribution < 1.29 is 28.9 Å². The van der Waals surface area contributed by atoms with E-state index in [-0.39, 0.29) is 23.7 Å². The zero-order valence-electron chi connectivity index (χ0n) is 15.9. The average molecular weight is 364 g/mol. The Bertz CT molecular complexity index is 651. The predicted octanol–water partition coefficient (Wildman–Crippen LogP) is 2.30. The van der Waals surface area contributed by atoms with E-state index in [2.05, 4.69) is 12.7 Å². The fourth-order valence-electron chi connectivity index (χ4n) is 3.77. The Morgan fingerprint density at radius 3 is 2.81 bits per heavy atom. The first kappa shape index (κ1) is 19.1. The molecule has 2 saturated heterocycles.